The molecule has 0 heterocycles. The normalized spacial score (nSPS) is 13.2. The van der Waals surface area contributed by atoms with Crippen LogP contribution >= 0.6 is 24.0 Å². The SMILES string of the molecule is CC(C)C(C)(CN)NC(=O)c1ccc([N+](=O)[O-])cc1Cl.Cl. The molecule has 8 heteroatoms. The molecule has 0 fully saturated rings. The molecule has 1 rings (SSSR count). The van der Waals surface area contributed by atoms with Crippen LogP contribution < -0.4 is 11.1 Å². The first-order valence-electron chi connectivity index (χ1n) is 6.18. The number of hydrogen-bond donors (Lipinski definition) is 2. The van der Waals surface area contributed by atoms with Crippen molar-refractivity contribution >= 4 is 35.6 Å². The predicted octanol–water partition coefficient (Wildman–Crippen LogP) is 2.77. The summed E-state index contributed by atoms with van der Waals surface area (Å²) in [5.41, 5.74) is 5.17. The molecular formula is C13H19Cl2N3O3. The number of benzene rings is 1. The molecule has 0 saturated carbocycles. The van der Waals surface area contributed by atoms with Crippen LogP contribution in [0.1, 0.15) is 31.1 Å². The van der Waals surface area contributed by atoms with Crippen molar-refractivity contribution < 1.29 is 9.72 Å². The highest BCUT2D eigenvalue weighted by Gasteiger charge is 2.29. The van der Waals surface area contributed by atoms with Crippen molar-refractivity contribution in [3.63, 3.8) is 0 Å². The molecule has 1 aromatic rings. The smallest absolute Gasteiger partial charge is 0.270 e. The third kappa shape index (κ3) is 4.56. The average molecular weight is 336 g/mol. The molecule has 0 aliphatic rings. The third-order valence-corrected chi connectivity index (χ3v) is 3.82. The Morgan fingerprint density at radius 1 is 1.52 bits per heavy atom. The van der Waals surface area contributed by atoms with Gasteiger partial charge in [-0.25, -0.2) is 0 Å². The molecule has 21 heavy (non-hydrogen) atoms. The first kappa shape index (κ1) is 19.6. The number of carbonyl (C=O) groups excluding carboxylic acids is 1. The Morgan fingerprint density at radius 3 is 2.48 bits per heavy atom. The van der Waals surface area contributed by atoms with Crippen molar-refractivity contribution in [1.82, 2.24) is 5.32 Å². The van der Waals surface area contributed by atoms with Gasteiger partial charge in [0.25, 0.3) is 11.6 Å². The highest BCUT2D eigenvalue weighted by atomic mass is 35.5. The molecule has 1 amide bonds. The van der Waals surface area contributed by atoms with Crippen LogP contribution in [0.3, 0.4) is 0 Å². The second-order valence-corrected chi connectivity index (χ2v) is 5.56. The van der Waals surface area contributed by atoms with Crippen LogP contribution in [0, 0.1) is 16.0 Å². The number of nitro benzene ring substituents is 1. The van der Waals surface area contributed by atoms with Gasteiger partial charge in [0.05, 0.1) is 21.0 Å². The minimum atomic E-state index is -0.567. The summed E-state index contributed by atoms with van der Waals surface area (Å²) in [4.78, 5) is 22.3. The first-order valence-corrected chi connectivity index (χ1v) is 6.55. The van der Waals surface area contributed by atoms with Crippen molar-refractivity contribution in [2.75, 3.05) is 6.54 Å². The number of non-ortho nitro benzene ring substituents is 1. The highest BCUT2D eigenvalue weighted by molar-refractivity contribution is 6.34. The molecule has 0 aliphatic heterocycles. The maximum Gasteiger partial charge on any atom is 0.270 e. The van der Waals surface area contributed by atoms with Crippen molar-refractivity contribution in [2.24, 2.45) is 11.7 Å². The quantitative estimate of drug-likeness (QED) is 0.638. The summed E-state index contributed by atoms with van der Waals surface area (Å²) in [6.07, 6.45) is 0. The minimum Gasteiger partial charge on any atom is -0.345 e. The first-order chi connectivity index (χ1) is 9.21. The fourth-order valence-electron chi connectivity index (χ4n) is 1.56. The molecule has 0 aromatic heterocycles. The number of rotatable bonds is 5. The lowest BCUT2D eigenvalue weighted by molar-refractivity contribution is -0.384. The van der Waals surface area contributed by atoms with Crippen molar-refractivity contribution in [3.8, 4) is 0 Å². The van der Waals surface area contributed by atoms with Crippen LogP contribution in [-0.4, -0.2) is 22.9 Å². The number of hydrogen-bond acceptors (Lipinski definition) is 4. The molecule has 0 saturated heterocycles. The number of nitro groups is 1. The number of nitrogens with zero attached hydrogens (tertiary/aromatic N) is 1. The monoisotopic (exact) mass is 335 g/mol. The van der Waals surface area contributed by atoms with E-state index in [9.17, 15) is 14.9 Å². The molecular weight excluding hydrogens is 317 g/mol. The van der Waals surface area contributed by atoms with Gasteiger partial charge >= 0.3 is 0 Å². The van der Waals surface area contributed by atoms with Gasteiger partial charge in [-0.15, -0.1) is 12.4 Å². The van der Waals surface area contributed by atoms with Gasteiger partial charge in [0.1, 0.15) is 0 Å². The summed E-state index contributed by atoms with van der Waals surface area (Å²) in [5, 5.41) is 13.5. The molecule has 6 nitrogen and oxygen atoms in total. The van der Waals surface area contributed by atoms with E-state index in [1.807, 2.05) is 20.8 Å². The Bertz CT molecular complexity index is 537. The predicted molar refractivity (Wildman–Crippen MR) is 85.1 cm³/mol. The second kappa shape index (κ2) is 7.59. The van der Waals surface area contributed by atoms with Crippen LogP contribution in [0.5, 0.6) is 0 Å². The zero-order valence-electron chi connectivity index (χ0n) is 12.1. The zero-order chi connectivity index (χ0) is 15.5. The largest absolute Gasteiger partial charge is 0.345 e. The van der Waals surface area contributed by atoms with Gasteiger partial charge in [-0.1, -0.05) is 25.4 Å². The summed E-state index contributed by atoms with van der Waals surface area (Å²) in [5.74, 6) is -0.264. The molecule has 118 valence electrons. The number of halogens is 2. The van der Waals surface area contributed by atoms with Gasteiger partial charge in [-0.3, -0.25) is 14.9 Å². The van der Waals surface area contributed by atoms with E-state index in [1.165, 1.54) is 12.1 Å². The fraction of sp³-hybridized carbons (Fsp3) is 0.462. The van der Waals surface area contributed by atoms with E-state index in [4.69, 9.17) is 17.3 Å². The maximum atomic E-state index is 12.2. The third-order valence-electron chi connectivity index (χ3n) is 3.51. The van der Waals surface area contributed by atoms with E-state index in [2.05, 4.69) is 5.32 Å². The average Bonchev–Trinajstić information content (AvgIpc) is 2.37. The van der Waals surface area contributed by atoms with Crippen LogP contribution in [0.25, 0.3) is 0 Å². The number of nitrogens with two attached hydrogens (primary N) is 1. The van der Waals surface area contributed by atoms with E-state index in [1.54, 1.807) is 0 Å². The van der Waals surface area contributed by atoms with Crippen LogP contribution in [0.4, 0.5) is 5.69 Å². The van der Waals surface area contributed by atoms with Gasteiger partial charge in [-0.2, -0.15) is 0 Å². The van der Waals surface area contributed by atoms with Gasteiger partial charge < -0.3 is 11.1 Å². The van der Waals surface area contributed by atoms with E-state index in [0.29, 0.717) is 0 Å². The molecule has 3 N–H and O–H groups in total. The molecule has 0 bridgehead atoms. The van der Waals surface area contributed by atoms with Gasteiger partial charge in [0.15, 0.2) is 0 Å². The summed E-state index contributed by atoms with van der Waals surface area (Å²) in [7, 11) is 0. The standard InChI is InChI=1S/C13H18ClN3O3.ClH/c1-8(2)13(3,7-15)16-12(18)10-5-4-9(17(19)20)6-11(10)14;/h4-6,8H,7,15H2,1-3H3,(H,16,18);1H. The van der Waals surface area contributed by atoms with Crippen LogP contribution in [-0.2, 0) is 0 Å². The Morgan fingerprint density at radius 2 is 2.10 bits per heavy atom. The fourth-order valence-corrected chi connectivity index (χ4v) is 1.82. The number of nitrogens with one attached hydrogen (secondary N) is 1. The summed E-state index contributed by atoms with van der Waals surface area (Å²) < 4.78 is 0. The highest BCUT2D eigenvalue weighted by Crippen LogP contribution is 2.24. The Balaban J connectivity index is 0.00000400. The van der Waals surface area contributed by atoms with Crippen molar-refractivity contribution in [2.45, 2.75) is 26.3 Å². The second-order valence-electron chi connectivity index (χ2n) is 5.15. The van der Waals surface area contributed by atoms with E-state index in [-0.39, 0.29) is 41.1 Å². The Kier molecular flexibility index (Phi) is 7.09. The van der Waals surface area contributed by atoms with Gasteiger partial charge in [0, 0.05) is 18.7 Å². The van der Waals surface area contributed by atoms with Crippen molar-refractivity contribution in [3.05, 3.63) is 38.9 Å². The molecule has 1 unspecified atom stereocenters. The summed E-state index contributed by atoms with van der Waals surface area (Å²) in [6, 6.07) is 3.74. The lowest BCUT2D eigenvalue weighted by Crippen LogP contribution is -2.55. The molecule has 0 radical (unpaired) electrons. The molecule has 1 atom stereocenters. The number of amides is 1. The van der Waals surface area contributed by atoms with Crippen molar-refractivity contribution in [1.29, 1.82) is 0 Å². The zero-order valence-corrected chi connectivity index (χ0v) is 13.6. The number of carbonyl (C=O) groups is 1. The Labute approximate surface area is 134 Å². The molecule has 0 spiro atoms. The van der Waals surface area contributed by atoms with E-state index in [0.717, 1.165) is 6.07 Å². The van der Waals surface area contributed by atoms with Gasteiger partial charge in [0.2, 0.25) is 0 Å². The lowest BCUT2D eigenvalue weighted by atomic mass is 9.88. The van der Waals surface area contributed by atoms with E-state index < -0.39 is 16.4 Å². The maximum absolute atomic E-state index is 12.2. The summed E-state index contributed by atoms with van der Waals surface area (Å²) >= 11 is 5.92. The molecule has 1 aromatic carbocycles. The Hall–Kier alpha value is -1.37. The molecule has 0 aliphatic carbocycles. The van der Waals surface area contributed by atoms with Crippen LogP contribution in [0.15, 0.2) is 18.2 Å². The van der Waals surface area contributed by atoms with Crippen LogP contribution in [0.2, 0.25) is 5.02 Å². The summed E-state index contributed by atoms with van der Waals surface area (Å²) in [6.45, 7) is 6.02. The minimum absolute atomic E-state index is 0. The lowest BCUT2D eigenvalue weighted by Gasteiger charge is -2.33. The van der Waals surface area contributed by atoms with Gasteiger partial charge in [-0.05, 0) is 18.9 Å². The van der Waals surface area contributed by atoms with E-state index >= 15 is 0 Å². The topological polar surface area (TPSA) is 98.3 Å².